The molecule has 0 amide bonds. The Bertz CT molecular complexity index is 729. The molecule has 0 aromatic heterocycles. The van der Waals surface area contributed by atoms with Crippen molar-refractivity contribution < 1.29 is 17.5 Å². The topological polar surface area (TPSA) is 86.5 Å². The molecule has 6 nitrogen and oxygen atoms in total. The molecule has 1 rings (SSSR count). The quantitative estimate of drug-likeness (QED) is 0.0719. The lowest BCUT2D eigenvalue weighted by Crippen LogP contribution is -2.07. The summed E-state index contributed by atoms with van der Waals surface area (Å²) in [7, 11) is -3.85. The molecule has 1 aromatic carbocycles. The second kappa shape index (κ2) is 16.9. The van der Waals surface area contributed by atoms with Crippen LogP contribution in [-0.4, -0.2) is 19.9 Å². The fourth-order valence-electron chi connectivity index (χ4n) is 3.32. The Balaban J connectivity index is 1.98. The summed E-state index contributed by atoms with van der Waals surface area (Å²) in [6, 6.07) is 4.74. The van der Waals surface area contributed by atoms with Crippen LogP contribution in [0.2, 0.25) is 0 Å². The number of hydrogen-bond acceptors (Lipinski definition) is 5. The maximum atomic E-state index is 12.1. The zero-order valence-electron chi connectivity index (χ0n) is 19.0. The van der Waals surface area contributed by atoms with Crippen LogP contribution in [0.4, 0.5) is 5.69 Å². The monoisotopic (exact) mass is 453 g/mol. The van der Waals surface area contributed by atoms with Crippen LogP contribution in [0.15, 0.2) is 41.3 Å². The van der Waals surface area contributed by atoms with Crippen molar-refractivity contribution in [3.63, 3.8) is 0 Å². The first kappa shape index (κ1) is 27.3. The third-order valence-corrected chi connectivity index (χ3v) is 6.56. The third kappa shape index (κ3) is 13.3. The SMILES string of the molecule is CCCCCCCC/C=C\CCCCCCCCOS(=O)(=O)c1ccc([N+](=O)[O-])cc1. The summed E-state index contributed by atoms with van der Waals surface area (Å²) in [5, 5.41) is 10.6. The van der Waals surface area contributed by atoms with E-state index in [1.807, 2.05) is 0 Å². The second-order valence-electron chi connectivity index (χ2n) is 7.96. The van der Waals surface area contributed by atoms with Gasteiger partial charge in [-0.2, -0.15) is 8.42 Å². The molecule has 31 heavy (non-hydrogen) atoms. The Morgan fingerprint density at radius 2 is 1.29 bits per heavy atom. The normalized spacial score (nSPS) is 11.9. The van der Waals surface area contributed by atoms with Gasteiger partial charge >= 0.3 is 0 Å². The molecule has 0 heterocycles. The van der Waals surface area contributed by atoms with Gasteiger partial charge in [-0.05, 0) is 44.2 Å². The van der Waals surface area contributed by atoms with Crippen molar-refractivity contribution in [3.05, 3.63) is 46.5 Å². The van der Waals surface area contributed by atoms with Gasteiger partial charge in [0.1, 0.15) is 0 Å². The molecule has 0 aliphatic carbocycles. The lowest BCUT2D eigenvalue weighted by Gasteiger charge is -2.05. The maximum Gasteiger partial charge on any atom is 0.296 e. The summed E-state index contributed by atoms with van der Waals surface area (Å²) in [4.78, 5) is 10.0. The van der Waals surface area contributed by atoms with Crippen molar-refractivity contribution in [2.24, 2.45) is 0 Å². The highest BCUT2D eigenvalue weighted by Crippen LogP contribution is 2.18. The van der Waals surface area contributed by atoms with Gasteiger partial charge in [0, 0.05) is 12.1 Å². The Labute approximate surface area is 188 Å². The lowest BCUT2D eigenvalue weighted by atomic mass is 10.1. The zero-order valence-corrected chi connectivity index (χ0v) is 19.8. The first-order valence-electron chi connectivity index (χ1n) is 11.8. The molecule has 0 atom stereocenters. The minimum atomic E-state index is -3.85. The van der Waals surface area contributed by atoms with E-state index in [9.17, 15) is 18.5 Å². The molecule has 1 aromatic rings. The van der Waals surface area contributed by atoms with Crippen molar-refractivity contribution in [2.45, 2.75) is 102 Å². The van der Waals surface area contributed by atoms with E-state index in [1.54, 1.807) is 0 Å². The van der Waals surface area contributed by atoms with Crippen molar-refractivity contribution in [3.8, 4) is 0 Å². The van der Waals surface area contributed by atoms with E-state index in [0.717, 1.165) is 25.7 Å². The smallest absolute Gasteiger partial charge is 0.266 e. The van der Waals surface area contributed by atoms with Crippen molar-refractivity contribution in [1.29, 1.82) is 0 Å². The van der Waals surface area contributed by atoms with E-state index in [-0.39, 0.29) is 17.2 Å². The van der Waals surface area contributed by atoms with Crippen LogP contribution in [0.5, 0.6) is 0 Å². The second-order valence-corrected chi connectivity index (χ2v) is 9.58. The minimum absolute atomic E-state index is 0.0531. The Morgan fingerprint density at radius 1 is 0.806 bits per heavy atom. The summed E-state index contributed by atoms with van der Waals surface area (Å²) in [5.74, 6) is 0. The van der Waals surface area contributed by atoms with E-state index >= 15 is 0 Å². The zero-order chi connectivity index (χ0) is 22.8. The number of nitro benzene ring substituents is 1. The fourth-order valence-corrected chi connectivity index (χ4v) is 4.26. The van der Waals surface area contributed by atoms with Gasteiger partial charge in [-0.3, -0.25) is 14.3 Å². The van der Waals surface area contributed by atoms with Crippen LogP contribution in [0.25, 0.3) is 0 Å². The number of nitrogens with zero attached hydrogens (tertiary/aromatic N) is 1. The predicted octanol–water partition coefficient (Wildman–Crippen LogP) is 7.34. The van der Waals surface area contributed by atoms with Crippen LogP contribution < -0.4 is 0 Å². The molecular weight excluding hydrogens is 414 g/mol. The summed E-state index contributed by atoms with van der Waals surface area (Å²) >= 11 is 0. The van der Waals surface area contributed by atoms with Gasteiger partial charge in [-0.25, -0.2) is 0 Å². The Morgan fingerprint density at radius 3 is 1.81 bits per heavy atom. The van der Waals surface area contributed by atoms with E-state index < -0.39 is 15.0 Å². The van der Waals surface area contributed by atoms with Gasteiger partial charge in [0.05, 0.1) is 16.4 Å². The van der Waals surface area contributed by atoms with E-state index in [2.05, 4.69) is 19.1 Å². The number of rotatable bonds is 19. The van der Waals surface area contributed by atoms with E-state index in [0.29, 0.717) is 6.42 Å². The van der Waals surface area contributed by atoms with Crippen LogP contribution >= 0.6 is 0 Å². The number of allylic oxidation sites excluding steroid dienone is 2. The standard InChI is InChI=1S/C24H39NO5S/c1-2-3-4-5-6-7-8-9-10-11-12-13-14-15-16-17-22-30-31(28,29)24-20-18-23(19-21-24)25(26)27/h9-10,18-21H,2-8,11-17,22H2,1H3/b10-9-. The average molecular weight is 454 g/mol. The van der Waals surface area contributed by atoms with Gasteiger partial charge in [0.2, 0.25) is 0 Å². The molecule has 0 saturated heterocycles. The number of benzene rings is 1. The molecular formula is C24H39NO5S. The van der Waals surface area contributed by atoms with Crippen LogP contribution in [0.3, 0.4) is 0 Å². The van der Waals surface area contributed by atoms with Gasteiger partial charge in [0.15, 0.2) is 0 Å². The number of non-ortho nitro benzene ring substituents is 1. The molecule has 0 aliphatic heterocycles. The van der Waals surface area contributed by atoms with E-state index in [4.69, 9.17) is 4.18 Å². The third-order valence-electron chi connectivity index (χ3n) is 5.23. The number of hydrogen-bond donors (Lipinski definition) is 0. The highest BCUT2D eigenvalue weighted by molar-refractivity contribution is 7.86. The van der Waals surface area contributed by atoms with Gasteiger partial charge in [-0.1, -0.05) is 76.9 Å². The summed E-state index contributed by atoms with van der Waals surface area (Å²) < 4.78 is 29.2. The average Bonchev–Trinajstić information content (AvgIpc) is 2.76. The predicted molar refractivity (Wildman–Crippen MR) is 126 cm³/mol. The molecule has 0 fully saturated rings. The molecule has 0 aliphatic rings. The van der Waals surface area contributed by atoms with Crippen molar-refractivity contribution in [1.82, 2.24) is 0 Å². The summed E-state index contributed by atoms with van der Waals surface area (Å²) in [5.41, 5.74) is -0.146. The largest absolute Gasteiger partial charge is 0.296 e. The Kier molecular flexibility index (Phi) is 14.9. The van der Waals surface area contributed by atoms with E-state index in [1.165, 1.54) is 82.1 Å². The van der Waals surface area contributed by atoms with Crippen LogP contribution in [-0.2, 0) is 14.3 Å². The highest BCUT2D eigenvalue weighted by atomic mass is 32.2. The number of unbranched alkanes of at least 4 members (excludes halogenated alkanes) is 12. The molecule has 0 spiro atoms. The summed E-state index contributed by atoms with van der Waals surface area (Å²) in [6.07, 6.45) is 21.3. The molecule has 0 unspecified atom stereocenters. The molecule has 0 N–H and O–H groups in total. The lowest BCUT2D eigenvalue weighted by molar-refractivity contribution is -0.384. The molecule has 0 bridgehead atoms. The van der Waals surface area contributed by atoms with Crippen molar-refractivity contribution in [2.75, 3.05) is 6.61 Å². The first-order valence-corrected chi connectivity index (χ1v) is 13.2. The first-order chi connectivity index (χ1) is 15.0. The molecule has 7 heteroatoms. The summed E-state index contributed by atoms with van der Waals surface area (Å²) in [6.45, 7) is 2.39. The minimum Gasteiger partial charge on any atom is -0.266 e. The molecule has 176 valence electrons. The maximum absolute atomic E-state index is 12.1. The van der Waals surface area contributed by atoms with Crippen LogP contribution in [0.1, 0.15) is 96.8 Å². The highest BCUT2D eigenvalue weighted by Gasteiger charge is 2.16. The van der Waals surface area contributed by atoms with Gasteiger partial charge < -0.3 is 0 Å². The number of nitro groups is 1. The molecule has 0 saturated carbocycles. The molecule has 0 radical (unpaired) electrons. The van der Waals surface area contributed by atoms with Gasteiger partial charge in [0.25, 0.3) is 15.8 Å². The Hall–Kier alpha value is -1.73. The van der Waals surface area contributed by atoms with Crippen molar-refractivity contribution >= 4 is 15.8 Å². The van der Waals surface area contributed by atoms with Gasteiger partial charge in [-0.15, -0.1) is 0 Å². The van der Waals surface area contributed by atoms with Crippen LogP contribution in [0, 0.1) is 10.1 Å². The fraction of sp³-hybridized carbons (Fsp3) is 0.667.